The van der Waals surface area contributed by atoms with Gasteiger partial charge in [0.15, 0.2) is 0 Å². The van der Waals surface area contributed by atoms with Crippen LogP contribution in [-0.2, 0) is 29.4 Å². The van der Waals surface area contributed by atoms with Gasteiger partial charge in [-0.15, -0.1) is 0 Å². The first-order valence-corrected chi connectivity index (χ1v) is 21.7. The molecule has 0 spiro atoms. The van der Waals surface area contributed by atoms with Gasteiger partial charge >= 0.3 is 277 Å². The van der Waals surface area contributed by atoms with E-state index in [2.05, 4.69) is 139 Å². The Kier molecular flexibility index (Phi) is 11.2. The smallest absolute Gasteiger partial charge is 1.00 e. The second kappa shape index (κ2) is 14.6. The molecule has 0 amide bonds. The van der Waals surface area contributed by atoms with Gasteiger partial charge in [0.1, 0.15) is 0 Å². The molecule has 0 saturated carbocycles. The maximum atomic E-state index is 2.65. The molecule has 1 heterocycles. The molecule has 0 aromatic heterocycles. The van der Waals surface area contributed by atoms with Gasteiger partial charge in [-0.25, -0.2) is 0 Å². The Balaban J connectivity index is 0.00000217. The third-order valence-electron chi connectivity index (χ3n) is 11.1. The fourth-order valence-electron chi connectivity index (χ4n) is 8.81. The van der Waals surface area contributed by atoms with Crippen LogP contribution < -0.4 is 24.8 Å². The molecule has 2 unspecified atom stereocenters. The summed E-state index contributed by atoms with van der Waals surface area (Å²) in [5.41, 5.74) is 18.2. The Bertz CT molecular complexity index is 1640. The first-order chi connectivity index (χ1) is 21.9. The largest absolute Gasteiger partial charge is 1.00 e. The van der Waals surface area contributed by atoms with E-state index in [4.69, 9.17) is 0 Å². The molecule has 7 rings (SSSR count). The Morgan fingerprint density at radius 2 is 0.936 bits per heavy atom. The normalized spacial score (nSPS) is 18.0. The summed E-state index contributed by atoms with van der Waals surface area (Å²) in [5, 5.41) is 0. The molecular weight excluding hydrogens is 647 g/mol. The second-order valence-corrected chi connectivity index (χ2v) is 21.9. The molecule has 0 bridgehead atoms. The molecule has 244 valence electrons. The molecular formula is C44H50Cl2Ti. The van der Waals surface area contributed by atoms with Gasteiger partial charge < -0.3 is 24.8 Å². The number of benzene rings is 4. The Hall–Kier alpha value is -2.35. The molecule has 1 fully saturated rings. The summed E-state index contributed by atoms with van der Waals surface area (Å²) in [6, 6.07) is 33.4. The van der Waals surface area contributed by atoms with E-state index in [0.29, 0.717) is 20.3 Å². The maximum Gasteiger partial charge on any atom is -1.00 e. The summed E-state index contributed by atoms with van der Waals surface area (Å²) in [7, 11) is 0. The van der Waals surface area contributed by atoms with E-state index in [-0.39, 0.29) is 24.8 Å². The summed E-state index contributed by atoms with van der Waals surface area (Å²) in [6.07, 6.45) is 10.00. The van der Waals surface area contributed by atoms with Crippen molar-refractivity contribution >= 4 is 12.2 Å². The number of fused-ring (bicyclic) bond motifs is 2. The quantitative estimate of drug-likeness (QED) is 0.160. The third-order valence-corrected chi connectivity index (χ3v) is 19.3. The third kappa shape index (κ3) is 6.42. The van der Waals surface area contributed by atoms with Crippen LogP contribution in [0.1, 0.15) is 96.2 Å². The second-order valence-electron chi connectivity index (χ2n) is 14.7. The van der Waals surface area contributed by atoms with Gasteiger partial charge in [-0.05, 0) is 0 Å². The zero-order chi connectivity index (χ0) is 31.3. The van der Waals surface area contributed by atoms with Crippen molar-refractivity contribution < 1.29 is 41.4 Å². The minimum absolute atomic E-state index is 0. The van der Waals surface area contributed by atoms with Gasteiger partial charge in [0.2, 0.25) is 0 Å². The molecule has 3 heteroatoms. The minimum atomic E-state index is -2.46. The van der Waals surface area contributed by atoms with Gasteiger partial charge in [-0.1, -0.05) is 0 Å². The van der Waals surface area contributed by atoms with E-state index >= 15 is 0 Å². The van der Waals surface area contributed by atoms with Crippen LogP contribution in [-0.4, -0.2) is 0 Å². The zero-order valence-electron chi connectivity index (χ0n) is 29.0. The average Bonchev–Trinajstić information content (AvgIpc) is 3.55. The van der Waals surface area contributed by atoms with Crippen molar-refractivity contribution in [2.24, 2.45) is 11.8 Å². The predicted octanol–water partition coefficient (Wildman–Crippen LogP) is 6.83. The Morgan fingerprint density at radius 3 is 1.26 bits per heavy atom. The molecule has 1 saturated heterocycles. The van der Waals surface area contributed by atoms with E-state index in [1.165, 1.54) is 66.8 Å². The van der Waals surface area contributed by atoms with E-state index in [0.717, 1.165) is 12.8 Å². The van der Waals surface area contributed by atoms with Crippen molar-refractivity contribution in [2.75, 3.05) is 0 Å². The van der Waals surface area contributed by atoms with Crippen molar-refractivity contribution in [3.63, 3.8) is 0 Å². The molecule has 47 heavy (non-hydrogen) atoms. The maximum absolute atomic E-state index is 2.65. The standard InChI is InChI=1S/2C21H23.C2H4.2ClH.Ti/c2*1-4-6-16-9-11-17(12-10-16)20-8-5-7-18-13-19(15(2)3)14-21(18)20;1-2;;;/h2*5,7-15H,4,6H2,1-3H3;1-2H2;2*1H;/q;;;;;+2/p-2. The van der Waals surface area contributed by atoms with Crippen LogP contribution in [0.5, 0.6) is 0 Å². The van der Waals surface area contributed by atoms with Crippen molar-refractivity contribution in [3.8, 4) is 22.3 Å². The zero-order valence-corrected chi connectivity index (χ0v) is 32.1. The monoisotopic (exact) mass is 696 g/mol. The molecule has 2 aliphatic carbocycles. The Labute approximate surface area is 300 Å². The van der Waals surface area contributed by atoms with E-state index in [9.17, 15) is 0 Å². The number of allylic oxidation sites excluding steroid dienone is 2. The topological polar surface area (TPSA) is 0 Å². The summed E-state index contributed by atoms with van der Waals surface area (Å²) in [5.74, 6) is 1.12. The van der Waals surface area contributed by atoms with Crippen LogP contribution >= 0.6 is 0 Å². The number of aryl methyl sites for hydroxylation is 2. The molecule has 4 aromatic carbocycles. The first kappa shape index (κ1) is 35.9. The van der Waals surface area contributed by atoms with E-state index < -0.39 is 16.6 Å². The SMILES string of the molecule is CCCc1ccc(-c2cccc3c2C=C(C(C)C)[CH]3[Ti+2]2([CH]3C(C(C)C)=Cc4c(-c5ccc(CCC)cc5)cccc43)[CH2][CH2]2)cc1.[Cl-].[Cl-]. The Morgan fingerprint density at radius 1 is 0.553 bits per heavy atom. The molecule has 0 nitrogen and oxygen atoms in total. The van der Waals surface area contributed by atoms with Crippen LogP contribution in [0.4, 0.5) is 0 Å². The molecule has 0 N–H and O–H groups in total. The van der Waals surface area contributed by atoms with Crippen molar-refractivity contribution in [3.05, 3.63) is 129 Å². The van der Waals surface area contributed by atoms with Crippen LogP contribution in [0.25, 0.3) is 34.4 Å². The van der Waals surface area contributed by atoms with Crippen LogP contribution in [0.3, 0.4) is 0 Å². The fraction of sp³-hybridized carbons (Fsp3) is 0.364. The van der Waals surface area contributed by atoms with E-state index in [1.807, 2.05) is 0 Å². The summed E-state index contributed by atoms with van der Waals surface area (Å²) < 4.78 is 4.26. The van der Waals surface area contributed by atoms with Crippen molar-refractivity contribution in [1.29, 1.82) is 0 Å². The molecule has 3 aliphatic rings. The van der Waals surface area contributed by atoms with Crippen molar-refractivity contribution in [1.82, 2.24) is 0 Å². The van der Waals surface area contributed by atoms with Gasteiger partial charge in [0, 0.05) is 0 Å². The molecule has 2 atom stereocenters. The summed E-state index contributed by atoms with van der Waals surface area (Å²) in [6.45, 7) is 14.3. The van der Waals surface area contributed by atoms with Gasteiger partial charge in [0.25, 0.3) is 0 Å². The van der Waals surface area contributed by atoms with Gasteiger partial charge in [0.05, 0.1) is 0 Å². The molecule has 4 aromatic rings. The molecule has 0 radical (unpaired) electrons. The van der Waals surface area contributed by atoms with Crippen LogP contribution in [0, 0.1) is 11.8 Å². The minimum Gasteiger partial charge on any atom is -1.00 e. The van der Waals surface area contributed by atoms with Gasteiger partial charge in [-0.3, -0.25) is 0 Å². The average molecular weight is 698 g/mol. The van der Waals surface area contributed by atoms with Crippen molar-refractivity contribution in [2.45, 2.75) is 85.1 Å². The van der Waals surface area contributed by atoms with E-state index in [1.54, 1.807) is 22.3 Å². The molecule has 1 aliphatic heterocycles. The summed E-state index contributed by atoms with van der Waals surface area (Å²) in [4.78, 5) is 0. The predicted molar refractivity (Wildman–Crippen MR) is 192 cm³/mol. The first-order valence-electron chi connectivity index (χ1n) is 17.7. The fourth-order valence-corrected chi connectivity index (χ4v) is 19.5. The number of hydrogen-bond donors (Lipinski definition) is 0. The van der Waals surface area contributed by atoms with Crippen LogP contribution in [0.2, 0.25) is 9.45 Å². The number of rotatable bonds is 10. The van der Waals surface area contributed by atoms with Crippen LogP contribution in [0.15, 0.2) is 96.1 Å². The summed E-state index contributed by atoms with van der Waals surface area (Å²) >= 11 is -2.46. The number of hydrogen-bond acceptors (Lipinski definition) is 0. The number of halogens is 2. The van der Waals surface area contributed by atoms with Gasteiger partial charge in [-0.2, -0.15) is 0 Å².